The highest BCUT2D eigenvalue weighted by atomic mass is 35.5. The molecule has 0 atom stereocenters. The van der Waals surface area contributed by atoms with Crippen LogP contribution in [-0.4, -0.2) is 53.8 Å². The van der Waals surface area contributed by atoms with Crippen LogP contribution in [0.25, 0.3) is 16.6 Å². The van der Waals surface area contributed by atoms with Crippen molar-refractivity contribution in [2.24, 2.45) is 0 Å². The third-order valence-electron chi connectivity index (χ3n) is 5.84. The number of aromatic nitrogens is 2. The summed E-state index contributed by atoms with van der Waals surface area (Å²) in [4.78, 5) is 2.26. The smallest absolute Gasteiger partial charge is 0.243 e. The number of nitrogens with zero attached hydrogens (tertiary/aromatic N) is 4. The molecule has 0 aliphatic carbocycles. The summed E-state index contributed by atoms with van der Waals surface area (Å²) in [6.07, 6.45) is 1.56. The second-order valence-corrected chi connectivity index (χ2v) is 10.2. The highest BCUT2D eigenvalue weighted by molar-refractivity contribution is 7.89. The van der Waals surface area contributed by atoms with Crippen LogP contribution < -0.4 is 4.90 Å². The number of hydrogen-bond acceptors (Lipinski definition) is 5. The number of phenolic OH excluding ortho intramolecular Hbond substituents is 1. The molecule has 2 heterocycles. The van der Waals surface area contributed by atoms with E-state index in [1.54, 1.807) is 42.6 Å². The second-order valence-electron chi connectivity index (χ2n) is 7.88. The van der Waals surface area contributed by atoms with Gasteiger partial charge in [-0.05, 0) is 24.3 Å². The van der Waals surface area contributed by atoms with Crippen molar-refractivity contribution in [2.75, 3.05) is 31.1 Å². The molecule has 0 unspecified atom stereocenters. The Morgan fingerprint density at radius 3 is 2.35 bits per heavy atom. The monoisotopic (exact) mass is 504 g/mol. The maximum atomic E-state index is 13.8. The molecule has 7 nitrogen and oxygen atoms in total. The number of piperazine rings is 1. The Balaban J connectivity index is 1.40. The summed E-state index contributed by atoms with van der Waals surface area (Å²) in [5, 5.41) is 15.0. The van der Waals surface area contributed by atoms with Gasteiger partial charge in [0.05, 0.1) is 33.0 Å². The van der Waals surface area contributed by atoms with Crippen molar-refractivity contribution in [2.45, 2.75) is 4.90 Å². The van der Waals surface area contributed by atoms with E-state index in [0.717, 1.165) is 17.8 Å². The lowest BCUT2D eigenvalue weighted by atomic mass is 10.2. The summed E-state index contributed by atoms with van der Waals surface area (Å²) in [5.74, 6) is -3.33. The van der Waals surface area contributed by atoms with Crippen molar-refractivity contribution < 1.29 is 22.3 Å². The molecule has 11 heteroatoms. The van der Waals surface area contributed by atoms with Gasteiger partial charge in [0.1, 0.15) is 0 Å². The first-order valence-corrected chi connectivity index (χ1v) is 12.2. The van der Waals surface area contributed by atoms with Crippen molar-refractivity contribution >= 4 is 38.2 Å². The van der Waals surface area contributed by atoms with Crippen molar-refractivity contribution in [3.8, 4) is 11.4 Å². The number of hydrogen-bond donors (Lipinski definition) is 1. The van der Waals surface area contributed by atoms with Gasteiger partial charge in [-0.3, -0.25) is 0 Å². The Bertz CT molecular complexity index is 1460. The average molecular weight is 505 g/mol. The SMILES string of the molecule is O=S(=O)(c1ccccc1)N1CCN(c2cc3cnn(-c4cc(O)c(F)c(F)c4)c3cc2Cl)CC1. The summed E-state index contributed by atoms with van der Waals surface area (Å²) in [6, 6.07) is 13.8. The molecule has 0 bridgehead atoms. The Morgan fingerprint density at radius 1 is 0.971 bits per heavy atom. The number of aromatic hydroxyl groups is 1. The van der Waals surface area contributed by atoms with Crippen molar-refractivity contribution in [3.05, 3.63) is 77.5 Å². The maximum Gasteiger partial charge on any atom is 0.243 e. The summed E-state index contributed by atoms with van der Waals surface area (Å²) >= 11 is 6.56. The van der Waals surface area contributed by atoms with Crippen LogP contribution in [-0.2, 0) is 10.0 Å². The molecule has 1 fully saturated rings. The topological polar surface area (TPSA) is 78.7 Å². The van der Waals surface area contributed by atoms with E-state index >= 15 is 0 Å². The van der Waals surface area contributed by atoms with Crippen LogP contribution >= 0.6 is 11.6 Å². The molecule has 0 amide bonds. The number of sulfonamides is 1. The molecule has 0 saturated carbocycles. The number of halogens is 3. The highest BCUT2D eigenvalue weighted by Gasteiger charge is 2.29. The Morgan fingerprint density at radius 2 is 1.68 bits per heavy atom. The van der Waals surface area contributed by atoms with Gasteiger partial charge in [-0.15, -0.1) is 0 Å². The number of rotatable bonds is 4. The van der Waals surface area contributed by atoms with Crippen LogP contribution in [0, 0.1) is 11.6 Å². The summed E-state index contributed by atoms with van der Waals surface area (Å²) in [6.45, 7) is 1.50. The van der Waals surface area contributed by atoms with Gasteiger partial charge in [-0.1, -0.05) is 29.8 Å². The molecular formula is C23H19ClF2N4O3S. The summed E-state index contributed by atoms with van der Waals surface area (Å²) in [7, 11) is -3.57. The zero-order valence-corrected chi connectivity index (χ0v) is 19.3. The number of anilines is 1. The van der Waals surface area contributed by atoms with E-state index in [9.17, 15) is 22.3 Å². The lowest BCUT2D eigenvalue weighted by Crippen LogP contribution is -2.48. The first kappa shape index (κ1) is 22.6. The molecule has 1 aromatic heterocycles. The molecule has 3 aromatic carbocycles. The van der Waals surface area contributed by atoms with Gasteiger partial charge in [0, 0.05) is 43.7 Å². The van der Waals surface area contributed by atoms with Gasteiger partial charge in [-0.25, -0.2) is 17.5 Å². The van der Waals surface area contributed by atoms with Gasteiger partial charge < -0.3 is 10.0 Å². The van der Waals surface area contributed by atoms with Crippen LogP contribution in [0.2, 0.25) is 5.02 Å². The van der Waals surface area contributed by atoms with Crippen LogP contribution in [0.4, 0.5) is 14.5 Å². The first-order valence-electron chi connectivity index (χ1n) is 10.4. The molecule has 34 heavy (non-hydrogen) atoms. The van der Waals surface area contributed by atoms with E-state index in [0.29, 0.717) is 42.1 Å². The zero-order valence-electron chi connectivity index (χ0n) is 17.7. The first-order chi connectivity index (χ1) is 16.3. The predicted octanol–water partition coefficient (Wildman–Crippen LogP) is 4.17. The van der Waals surface area contributed by atoms with Gasteiger partial charge >= 0.3 is 0 Å². The lowest BCUT2D eigenvalue weighted by molar-refractivity contribution is 0.385. The quantitative estimate of drug-likeness (QED) is 0.451. The zero-order chi connectivity index (χ0) is 24.0. The van der Waals surface area contributed by atoms with Gasteiger partial charge in [0.25, 0.3) is 0 Å². The Kier molecular flexibility index (Phi) is 5.67. The van der Waals surface area contributed by atoms with Crippen LogP contribution in [0.15, 0.2) is 65.7 Å². The van der Waals surface area contributed by atoms with Crippen LogP contribution in [0.1, 0.15) is 0 Å². The highest BCUT2D eigenvalue weighted by Crippen LogP contribution is 2.34. The van der Waals surface area contributed by atoms with E-state index in [1.165, 1.54) is 8.99 Å². The van der Waals surface area contributed by atoms with Gasteiger partial charge in [-0.2, -0.15) is 13.8 Å². The van der Waals surface area contributed by atoms with Crippen molar-refractivity contribution in [3.63, 3.8) is 0 Å². The van der Waals surface area contributed by atoms with E-state index in [1.807, 2.05) is 11.0 Å². The summed E-state index contributed by atoms with van der Waals surface area (Å²) < 4.78 is 55.8. The maximum absolute atomic E-state index is 13.8. The molecule has 4 aromatic rings. The molecule has 5 rings (SSSR count). The standard InChI is InChI=1S/C23H19ClF2N4O3S/c24-18-13-20-15(14-27-30(20)16-11-19(25)23(26)22(31)12-16)10-21(18)28-6-8-29(9-7-28)34(32,33)17-4-2-1-3-5-17/h1-5,10-14,31H,6-9H2. The largest absolute Gasteiger partial charge is 0.505 e. The third-order valence-corrected chi connectivity index (χ3v) is 8.05. The molecule has 0 spiro atoms. The van der Waals surface area contributed by atoms with Gasteiger partial charge in [0.15, 0.2) is 17.4 Å². The number of phenols is 1. The minimum absolute atomic E-state index is 0.148. The Labute approximate surface area is 199 Å². The Hall–Kier alpha value is -3.21. The van der Waals surface area contributed by atoms with Crippen molar-refractivity contribution in [1.29, 1.82) is 0 Å². The molecule has 1 aliphatic heterocycles. The lowest BCUT2D eigenvalue weighted by Gasteiger charge is -2.35. The minimum Gasteiger partial charge on any atom is -0.505 e. The molecule has 1 aliphatic rings. The molecule has 0 radical (unpaired) electrons. The second kappa shape index (κ2) is 8.53. The van der Waals surface area contributed by atoms with E-state index in [2.05, 4.69) is 5.10 Å². The molecule has 1 N–H and O–H groups in total. The van der Waals surface area contributed by atoms with Crippen molar-refractivity contribution in [1.82, 2.24) is 14.1 Å². The fourth-order valence-electron chi connectivity index (χ4n) is 4.08. The predicted molar refractivity (Wildman–Crippen MR) is 125 cm³/mol. The average Bonchev–Trinajstić information content (AvgIpc) is 3.25. The fourth-order valence-corrected chi connectivity index (χ4v) is 5.80. The van der Waals surface area contributed by atoms with Gasteiger partial charge in [0.2, 0.25) is 10.0 Å². The normalized spacial score (nSPS) is 15.2. The minimum atomic E-state index is -3.57. The summed E-state index contributed by atoms with van der Waals surface area (Å²) in [5.41, 5.74) is 1.41. The number of benzene rings is 3. The third kappa shape index (κ3) is 3.87. The molecular weight excluding hydrogens is 486 g/mol. The molecule has 1 saturated heterocycles. The van der Waals surface area contributed by atoms with E-state index < -0.39 is 27.4 Å². The van der Waals surface area contributed by atoms with Crippen LogP contribution in [0.5, 0.6) is 5.75 Å². The molecule has 176 valence electrons. The fraction of sp³-hybridized carbons (Fsp3) is 0.174. The van der Waals surface area contributed by atoms with Crippen LogP contribution in [0.3, 0.4) is 0 Å². The van der Waals surface area contributed by atoms with E-state index in [4.69, 9.17) is 11.6 Å². The number of fused-ring (bicyclic) bond motifs is 1. The van der Waals surface area contributed by atoms with E-state index in [-0.39, 0.29) is 10.6 Å².